The Hall–Kier alpha value is -0.690. The minimum atomic E-state index is -0.631. The maximum Gasteiger partial charge on any atom is 0.232 e. The Labute approximate surface area is 118 Å². The van der Waals surface area contributed by atoms with Crippen LogP contribution in [0.15, 0.2) is 0 Å². The summed E-state index contributed by atoms with van der Waals surface area (Å²) in [6.45, 7) is 8.45. The quantitative estimate of drug-likeness (QED) is 0.663. The van der Waals surface area contributed by atoms with E-state index >= 15 is 0 Å². The summed E-state index contributed by atoms with van der Waals surface area (Å²) in [5, 5.41) is 0. The number of hydrogen-bond donors (Lipinski definition) is 0. The van der Waals surface area contributed by atoms with Crippen molar-refractivity contribution in [2.24, 2.45) is 11.8 Å². The molecule has 4 saturated heterocycles. The zero-order chi connectivity index (χ0) is 14.2. The van der Waals surface area contributed by atoms with E-state index in [0.717, 1.165) is 0 Å². The largest absolute Gasteiger partial charge is 0.348 e. The fourth-order valence-corrected chi connectivity index (χ4v) is 3.73. The van der Waals surface area contributed by atoms with Crippen molar-refractivity contribution < 1.29 is 23.7 Å². The first-order valence-electron chi connectivity index (χ1n) is 7.34. The van der Waals surface area contributed by atoms with E-state index in [0.29, 0.717) is 6.54 Å². The van der Waals surface area contributed by atoms with Crippen molar-refractivity contribution in [3.05, 3.63) is 0 Å². The molecule has 0 bridgehead atoms. The highest BCUT2D eigenvalue weighted by molar-refractivity contribution is 5.86. The van der Waals surface area contributed by atoms with Crippen LogP contribution in [0.2, 0.25) is 0 Å². The van der Waals surface area contributed by atoms with Crippen LogP contribution in [0.1, 0.15) is 27.7 Å². The second-order valence-electron chi connectivity index (χ2n) is 6.89. The highest BCUT2D eigenvalue weighted by Crippen LogP contribution is 2.45. The van der Waals surface area contributed by atoms with E-state index in [-0.39, 0.29) is 48.6 Å². The molecule has 6 nitrogen and oxygen atoms in total. The molecule has 4 fully saturated rings. The molecule has 0 radical (unpaired) electrons. The van der Waals surface area contributed by atoms with Crippen LogP contribution in [-0.4, -0.2) is 54.0 Å². The van der Waals surface area contributed by atoms with Crippen molar-refractivity contribution in [2.75, 3.05) is 6.54 Å². The molecule has 6 heteroatoms. The number of hydrogen-bond acceptors (Lipinski definition) is 5. The van der Waals surface area contributed by atoms with Gasteiger partial charge in [0.15, 0.2) is 12.1 Å². The molecular weight excluding hydrogens is 262 g/mol. The summed E-state index contributed by atoms with van der Waals surface area (Å²) in [7, 11) is 0. The second-order valence-corrected chi connectivity index (χ2v) is 6.89. The van der Waals surface area contributed by atoms with Crippen molar-refractivity contribution in [1.29, 1.82) is 0 Å². The molecule has 6 atom stereocenters. The van der Waals surface area contributed by atoms with Crippen LogP contribution in [0.4, 0.5) is 0 Å². The summed E-state index contributed by atoms with van der Waals surface area (Å²) in [6, 6.07) is 0. The average molecular weight is 283 g/mol. The van der Waals surface area contributed by atoms with Crippen molar-refractivity contribution in [1.82, 2.24) is 4.90 Å². The maximum atomic E-state index is 12.1. The Morgan fingerprint density at radius 2 is 1.95 bits per heavy atom. The fraction of sp³-hybridized carbons (Fsp3) is 0.929. The smallest absolute Gasteiger partial charge is 0.232 e. The first kappa shape index (κ1) is 13.0. The molecule has 4 aliphatic heterocycles. The van der Waals surface area contributed by atoms with E-state index in [1.165, 1.54) is 0 Å². The second kappa shape index (κ2) is 3.94. The van der Waals surface area contributed by atoms with Gasteiger partial charge in [-0.25, -0.2) is 0 Å². The number of carbonyl (C=O) groups excluding carboxylic acids is 1. The van der Waals surface area contributed by atoms with Gasteiger partial charge < -0.3 is 23.8 Å². The summed E-state index contributed by atoms with van der Waals surface area (Å²) < 4.78 is 23.6. The number of ether oxygens (including phenoxy) is 4. The van der Waals surface area contributed by atoms with Gasteiger partial charge in [0.1, 0.15) is 24.5 Å². The standard InChI is InChI=1S/C14H21NO5/c1-6(2)8-11(16)15-5-7-9(18-12(8)15)10-13(17-7)20-14(3,4)19-10/h6-10,12-13H,5H2,1-4H3/t7-,8+,9+,10-,12-,13-/m1/s1. The lowest BCUT2D eigenvalue weighted by molar-refractivity contribution is -0.275. The van der Waals surface area contributed by atoms with Gasteiger partial charge in [0.25, 0.3) is 0 Å². The molecule has 0 aromatic carbocycles. The van der Waals surface area contributed by atoms with Crippen molar-refractivity contribution in [3.8, 4) is 0 Å². The van der Waals surface area contributed by atoms with Crippen LogP contribution in [-0.2, 0) is 23.7 Å². The molecule has 0 N–H and O–H groups in total. The zero-order valence-electron chi connectivity index (χ0n) is 12.2. The molecule has 0 aromatic rings. The van der Waals surface area contributed by atoms with Crippen LogP contribution in [0, 0.1) is 11.8 Å². The monoisotopic (exact) mass is 283 g/mol. The van der Waals surface area contributed by atoms with E-state index < -0.39 is 5.79 Å². The lowest BCUT2D eigenvalue weighted by atomic mass is 9.83. The lowest BCUT2D eigenvalue weighted by Crippen LogP contribution is -2.70. The molecule has 1 amide bonds. The van der Waals surface area contributed by atoms with Gasteiger partial charge in [-0.2, -0.15) is 0 Å². The summed E-state index contributed by atoms with van der Waals surface area (Å²) in [6.07, 6.45) is -0.989. The van der Waals surface area contributed by atoms with Gasteiger partial charge in [0, 0.05) is 0 Å². The van der Waals surface area contributed by atoms with Crippen molar-refractivity contribution >= 4 is 5.91 Å². The predicted octanol–water partition coefficient (Wildman–Crippen LogP) is 0.702. The van der Waals surface area contributed by atoms with Crippen LogP contribution < -0.4 is 0 Å². The molecule has 0 unspecified atom stereocenters. The van der Waals surface area contributed by atoms with E-state index in [2.05, 4.69) is 13.8 Å². The minimum absolute atomic E-state index is 0.0367. The number of carbonyl (C=O) groups is 1. The van der Waals surface area contributed by atoms with Crippen LogP contribution in [0.5, 0.6) is 0 Å². The molecule has 20 heavy (non-hydrogen) atoms. The molecular formula is C14H21NO5. The third kappa shape index (κ3) is 1.62. The number of nitrogens with zero attached hydrogens (tertiary/aromatic N) is 1. The molecule has 0 spiro atoms. The molecule has 0 aliphatic carbocycles. The van der Waals surface area contributed by atoms with Gasteiger partial charge in [0.2, 0.25) is 5.91 Å². The third-order valence-corrected chi connectivity index (χ3v) is 4.66. The highest BCUT2D eigenvalue weighted by Gasteiger charge is 2.63. The number of rotatable bonds is 1. The molecule has 4 heterocycles. The maximum absolute atomic E-state index is 12.1. The number of β-lactam (4-membered cyclic amide) rings is 1. The molecule has 4 aliphatic rings. The van der Waals surface area contributed by atoms with Gasteiger partial charge >= 0.3 is 0 Å². The van der Waals surface area contributed by atoms with Gasteiger partial charge in [0.05, 0.1) is 12.5 Å². The van der Waals surface area contributed by atoms with Crippen LogP contribution in [0.3, 0.4) is 0 Å². The molecule has 4 rings (SSSR count). The fourth-order valence-electron chi connectivity index (χ4n) is 3.73. The van der Waals surface area contributed by atoms with Gasteiger partial charge in [-0.15, -0.1) is 0 Å². The Kier molecular flexibility index (Phi) is 2.56. The van der Waals surface area contributed by atoms with Gasteiger partial charge in [-0.3, -0.25) is 4.79 Å². The third-order valence-electron chi connectivity index (χ3n) is 4.66. The van der Waals surface area contributed by atoms with Crippen LogP contribution in [0.25, 0.3) is 0 Å². The Morgan fingerprint density at radius 1 is 1.20 bits per heavy atom. The van der Waals surface area contributed by atoms with Gasteiger partial charge in [-0.05, 0) is 19.8 Å². The van der Waals surface area contributed by atoms with E-state index in [4.69, 9.17) is 18.9 Å². The summed E-state index contributed by atoms with van der Waals surface area (Å²) in [5.41, 5.74) is 0. The summed E-state index contributed by atoms with van der Waals surface area (Å²) in [5.74, 6) is -0.208. The predicted molar refractivity (Wildman–Crippen MR) is 67.4 cm³/mol. The molecule has 0 saturated carbocycles. The zero-order valence-corrected chi connectivity index (χ0v) is 12.2. The Morgan fingerprint density at radius 3 is 2.65 bits per heavy atom. The van der Waals surface area contributed by atoms with Gasteiger partial charge in [-0.1, -0.05) is 13.8 Å². The average Bonchev–Trinajstić information content (AvgIpc) is 2.79. The first-order chi connectivity index (χ1) is 9.37. The molecule has 0 aromatic heterocycles. The SMILES string of the molecule is CC(C)[C@H]1C(=O)N2C[C@H]3O[C@@H]4OC(C)(C)O[C@@H]4[C@H]3O[C@H]12. The number of amides is 1. The number of fused-ring (bicyclic) bond motifs is 4. The normalized spacial score (nSPS) is 48.9. The first-order valence-corrected chi connectivity index (χ1v) is 7.34. The minimum Gasteiger partial charge on any atom is -0.348 e. The summed E-state index contributed by atoms with van der Waals surface area (Å²) >= 11 is 0. The van der Waals surface area contributed by atoms with E-state index in [1.54, 1.807) is 4.90 Å². The van der Waals surface area contributed by atoms with Crippen molar-refractivity contribution in [3.63, 3.8) is 0 Å². The summed E-state index contributed by atoms with van der Waals surface area (Å²) in [4.78, 5) is 13.9. The van der Waals surface area contributed by atoms with Crippen molar-refractivity contribution in [2.45, 2.75) is 64.3 Å². The van der Waals surface area contributed by atoms with E-state index in [1.807, 2.05) is 13.8 Å². The Bertz CT molecular complexity index is 451. The highest BCUT2D eigenvalue weighted by atomic mass is 16.8. The molecule has 112 valence electrons. The van der Waals surface area contributed by atoms with Crippen LogP contribution >= 0.6 is 0 Å². The lowest BCUT2D eigenvalue weighted by Gasteiger charge is -2.53. The topological polar surface area (TPSA) is 57.2 Å². The Balaban J connectivity index is 1.53. The van der Waals surface area contributed by atoms with E-state index in [9.17, 15) is 4.79 Å².